The van der Waals surface area contributed by atoms with E-state index in [2.05, 4.69) is 14.9 Å². The number of ether oxygens (including phenoxy) is 1. The van der Waals surface area contributed by atoms with Gasteiger partial charge in [-0.05, 0) is 50.8 Å². The molecule has 2 aromatic rings. The van der Waals surface area contributed by atoms with Gasteiger partial charge in [-0.25, -0.2) is 4.98 Å². The summed E-state index contributed by atoms with van der Waals surface area (Å²) in [6.45, 7) is 5.21. The van der Waals surface area contributed by atoms with Crippen LogP contribution in [0.1, 0.15) is 43.9 Å². The third-order valence-corrected chi connectivity index (χ3v) is 6.44. The van der Waals surface area contributed by atoms with Crippen LogP contribution in [0.25, 0.3) is 0 Å². The molecule has 0 aromatic carbocycles. The van der Waals surface area contributed by atoms with E-state index in [9.17, 15) is 18.3 Å². The number of hydrogen-bond acceptors (Lipinski definition) is 5. The van der Waals surface area contributed by atoms with Crippen LogP contribution in [0.2, 0.25) is 0 Å². The average Bonchev–Trinajstić information content (AvgIpc) is 2.61. The molecule has 1 aliphatic heterocycles. The second kappa shape index (κ2) is 7.11. The van der Waals surface area contributed by atoms with Gasteiger partial charge < -0.3 is 14.7 Å². The first-order valence-corrected chi connectivity index (χ1v) is 10.0. The fourth-order valence-electron chi connectivity index (χ4n) is 5.26. The Bertz CT molecular complexity index is 895. The van der Waals surface area contributed by atoms with E-state index < -0.39 is 17.5 Å². The van der Waals surface area contributed by atoms with Crippen molar-refractivity contribution in [2.24, 2.45) is 11.3 Å². The molecule has 1 saturated carbocycles. The molecule has 1 aliphatic carbocycles. The maximum atomic E-state index is 12.7. The van der Waals surface area contributed by atoms with Crippen LogP contribution >= 0.6 is 0 Å². The van der Waals surface area contributed by atoms with Crippen LogP contribution in [0.3, 0.4) is 0 Å². The predicted molar refractivity (Wildman–Crippen MR) is 106 cm³/mol. The summed E-state index contributed by atoms with van der Waals surface area (Å²) in [7, 11) is 1.62. The molecule has 1 atom stereocenters. The monoisotopic (exact) mass is 421 g/mol. The van der Waals surface area contributed by atoms with Gasteiger partial charge >= 0.3 is 6.18 Å². The lowest BCUT2D eigenvalue weighted by molar-refractivity contribution is -0.141. The number of rotatable bonds is 5. The summed E-state index contributed by atoms with van der Waals surface area (Å²) >= 11 is 0. The topological polar surface area (TPSA) is 58.5 Å². The van der Waals surface area contributed by atoms with Gasteiger partial charge in [-0.2, -0.15) is 13.2 Å². The number of hydrogen-bond donors (Lipinski definition) is 1. The Kier molecular flexibility index (Phi) is 4.96. The van der Waals surface area contributed by atoms with Gasteiger partial charge in [0, 0.05) is 42.4 Å². The largest absolute Gasteiger partial charge is 0.496 e. The summed E-state index contributed by atoms with van der Waals surface area (Å²) in [6, 6.07) is 4.33. The highest BCUT2D eigenvalue weighted by molar-refractivity contribution is 5.49. The maximum absolute atomic E-state index is 12.7. The van der Waals surface area contributed by atoms with E-state index in [4.69, 9.17) is 4.74 Å². The molecule has 2 aliphatic rings. The van der Waals surface area contributed by atoms with E-state index in [1.54, 1.807) is 19.5 Å². The van der Waals surface area contributed by atoms with Crippen molar-refractivity contribution >= 4 is 5.69 Å². The maximum Gasteiger partial charge on any atom is 0.433 e. The van der Waals surface area contributed by atoms with Crippen LogP contribution in [-0.2, 0) is 6.18 Å². The zero-order valence-corrected chi connectivity index (χ0v) is 17.3. The minimum atomic E-state index is -4.42. The quantitative estimate of drug-likeness (QED) is 0.781. The number of aromatic nitrogens is 2. The summed E-state index contributed by atoms with van der Waals surface area (Å²) in [4.78, 5) is 9.85. The number of methoxy groups -OCH3 is 1. The van der Waals surface area contributed by atoms with Gasteiger partial charge in [0.2, 0.25) is 0 Å². The number of pyridine rings is 2. The molecule has 1 spiro atoms. The number of anilines is 1. The van der Waals surface area contributed by atoms with Crippen molar-refractivity contribution < 1.29 is 23.0 Å². The van der Waals surface area contributed by atoms with Gasteiger partial charge in [0.1, 0.15) is 11.4 Å². The van der Waals surface area contributed by atoms with Crippen molar-refractivity contribution in [1.82, 2.24) is 9.97 Å². The summed E-state index contributed by atoms with van der Waals surface area (Å²) in [6.07, 6.45) is 2.22. The van der Waals surface area contributed by atoms with Crippen LogP contribution in [0.5, 0.6) is 5.75 Å². The van der Waals surface area contributed by atoms with Crippen molar-refractivity contribution in [3.63, 3.8) is 0 Å². The molecule has 30 heavy (non-hydrogen) atoms. The van der Waals surface area contributed by atoms with Crippen LogP contribution < -0.4 is 9.64 Å². The number of alkyl halides is 3. The summed E-state index contributed by atoms with van der Waals surface area (Å²) < 4.78 is 43.6. The molecule has 2 aromatic heterocycles. The number of nitrogens with zero attached hydrogens (tertiary/aromatic N) is 3. The van der Waals surface area contributed by atoms with Crippen molar-refractivity contribution in [2.75, 3.05) is 25.1 Å². The van der Waals surface area contributed by atoms with E-state index in [0.717, 1.165) is 43.3 Å². The fourth-order valence-corrected chi connectivity index (χ4v) is 5.26. The Balaban J connectivity index is 1.43. The second-order valence-electron chi connectivity index (χ2n) is 9.17. The highest BCUT2D eigenvalue weighted by Crippen LogP contribution is 2.59. The molecular weight excluding hydrogens is 395 g/mol. The first-order chi connectivity index (χ1) is 14.0. The SMILES string of the molecule is COc1ccncc1C(C1CC2(C1)CN(c1ccc(C(F)(F)F)nc1)C2)C(C)(C)O. The molecular formula is C22H26F3N3O2. The molecule has 0 bridgehead atoms. The minimum Gasteiger partial charge on any atom is -0.496 e. The lowest BCUT2D eigenvalue weighted by Crippen LogP contribution is -2.64. The molecule has 1 unspecified atom stereocenters. The van der Waals surface area contributed by atoms with Gasteiger partial charge in [-0.1, -0.05) is 0 Å². The zero-order valence-electron chi connectivity index (χ0n) is 17.3. The zero-order chi connectivity index (χ0) is 21.7. The summed E-state index contributed by atoms with van der Waals surface area (Å²) in [5, 5.41) is 10.9. The molecule has 5 nitrogen and oxygen atoms in total. The van der Waals surface area contributed by atoms with Gasteiger partial charge in [0.25, 0.3) is 0 Å². The summed E-state index contributed by atoms with van der Waals surface area (Å²) in [5.41, 5.74) is -0.0282. The van der Waals surface area contributed by atoms with Crippen LogP contribution in [0.4, 0.5) is 18.9 Å². The molecule has 1 saturated heterocycles. The number of aliphatic hydroxyl groups is 1. The molecule has 1 N–H and O–H groups in total. The van der Waals surface area contributed by atoms with Crippen LogP contribution in [-0.4, -0.2) is 40.9 Å². The third-order valence-electron chi connectivity index (χ3n) is 6.44. The molecule has 0 amide bonds. The fraction of sp³-hybridized carbons (Fsp3) is 0.545. The first-order valence-electron chi connectivity index (χ1n) is 10.0. The average molecular weight is 421 g/mol. The molecule has 3 heterocycles. The van der Waals surface area contributed by atoms with Crippen molar-refractivity contribution in [3.05, 3.63) is 48.0 Å². The summed E-state index contributed by atoms with van der Waals surface area (Å²) in [5.74, 6) is 0.911. The Morgan fingerprint density at radius 2 is 1.87 bits per heavy atom. The Hall–Kier alpha value is -2.35. The highest BCUT2D eigenvalue weighted by Gasteiger charge is 2.56. The van der Waals surface area contributed by atoms with Gasteiger partial charge in [0.05, 0.1) is 24.6 Å². The highest BCUT2D eigenvalue weighted by atomic mass is 19.4. The standard InChI is InChI=1S/C22H26F3N3O2/c1-20(2,29)19(16-11-26-7-6-17(16)30-3)14-8-21(9-14)12-28(13-21)15-4-5-18(27-10-15)22(23,24)25/h4-7,10-11,14,19,29H,8-9,12-13H2,1-3H3. The van der Waals surface area contributed by atoms with Gasteiger partial charge in [-0.3, -0.25) is 4.98 Å². The van der Waals surface area contributed by atoms with E-state index in [-0.39, 0.29) is 17.3 Å². The molecule has 4 rings (SSSR count). The van der Waals surface area contributed by atoms with E-state index in [1.165, 1.54) is 12.3 Å². The smallest absolute Gasteiger partial charge is 0.433 e. The molecule has 162 valence electrons. The first kappa shape index (κ1) is 20.9. The normalized spacial score (nSPS) is 19.9. The number of halogens is 3. The van der Waals surface area contributed by atoms with Gasteiger partial charge in [0.15, 0.2) is 0 Å². The van der Waals surface area contributed by atoms with Crippen LogP contribution in [0, 0.1) is 11.3 Å². The Labute approximate surface area is 173 Å². The Morgan fingerprint density at radius 1 is 1.17 bits per heavy atom. The van der Waals surface area contributed by atoms with Crippen molar-refractivity contribution in [2.45, 2.75) is 44.4 Å². The Morgan fingerprint density at radius 3 is 2.40 bits per heavy atom. The van der Waals surface area contributed by atoms with E-state index in [1.807, 2.05) is 19.9 Å². The predicted octanol–water partition coefficient (Wildman–Crippen LogP) is 4.28. The molecule has 8 heteroatoms. The lowest BCUT2D eigenvalue weighted by Gasteiger charge is -2.62. The molecule has 2 fully saturated rings. The molecule has 0 radical (unpaired) electrons. The van der Waals surface area contributed by atoms with E-state index >= 15 is 0 Å². The minimum absolute atomic E-state index is 0.103. The second-order valence-corrected chi connectivity index (χ2v) is 9.17. The van der Waals surface area contributed by atoms with Gasteiger partial charge in [-0.15, -0.1) is 0 Å². The van der Waals surface area contributed by atoms with Crippen LogP contribution in [0.15, 0.2) is 36.8 Å². The van der Waals surface area contributed by atoms with Crippen molar-refractivity contribution in [3.8, 4) is 5.75 Å². The van der Waals surface area contributed by atoms with E-state index in [0.29, 0.717) is 5.69 Å². The lowest BCUT2D eigenvalue weighted by atomic mass is 9.52. The third kappa shape index (κ3) is 3.73. The van der Waals surface area contributed by atoms with Crippen molar-refractivity contribution in [1.29, 1.82) is 0 Å².